The van der Waals surface area contributed by atoms with Gasteiger partial charge in [0, 0.05) is 29.6 Å². The van der Waals surface area contributed by atoms with Gasteiger partial charge in [-0.05, 0) is 56.3 Å². The number of nitrogens with zero attached hydrogens (tertiary/aromatic N) is 3. The molecule has 2 heterocycles. The van der Waals surface area contributed by atoms with Gasteiger partial charge in [0.25, 0.3) is 0 Å². The second-order valence-corrected chi connectivity index (χ2v) is 7.00. The maximum atomic E-state index is 13.5. The minimum absolute atomic E-state index is 0.0974. The summed E-state index contributed by atoms with van der Waals surface area (Å²) in [5, 5.41) is 3.25. The molecule has 3 aromatic rings. The van der Waals surface area contributed by atoms with E-state index in [4.69, 9.17) is 10.5 Å². The van der Waals surface area contributed by atoms with Crippen LogP contribution in [0, 0.1) is 6.92 Å². The maximum Gasteiger partial charge on any atom is 0.222 e. The summed E-state index contributed by atoms with van der Waals surface area (Å²) in [5.74, 6) is 1.41. The van der Waals surface area contributed by atoms with Crippen LogP contribution in [0.25, 0.3) is 5.57 Å². The minimum Gasteiger partial charge on any atom is -0.457 e. The summed E-state index contributed by atoms with van der Waals surface area (Å²) in [6, 6.07) is 10.5. The number of anilines is 3. The van der Waals surface area contributed by atoms with Gasteiger partial charge >= 0.3 is 0 Å². The third-order valence-corrected chi connectivity index (χ3v) is 4.76. The zero-order valence-corrected chi connectivity index (χ0v) is 18.8. The molecule has 0 saturated carbocycles. The number of aromatic nitrogens is 3. The Hall–Kier alpha value is -4.37. The van der Waals surface area contributed by atoms with Crippen LogP contribution in [0.1, 0.15) is 28.2 Å². The molecule has 8 nitrogen and oxygen atoms in total. The summed E-state index contributed by atoms with van der Waals surface area (Å²) in [4.78, 5) is 23.4. The van der Waals surface area contributed by atoms with E-state index in [9.17, 15) is 9.18 Å². The number of hydrogen-bond acceptors (Lipinski definition) is 8. The number of nitrogens with one attached hydrogen (secondary N) is 1. The number of benzene rings is 1. The van der Waals surface area contributed by atoms with Crippen LogP contribution < -0.4 is 21.5 Å². The zero-order valence-electron chi connectivity index (χ0n) is 18.8. The van der Waals surface area contributed by atoms with E-state index in [1.807, 2.05) is 31.2 Å². The number of rotatable bonds is 6. The van der Waals surface area contributed by atoms with Crippen LogP contribution in [0.3, 0.4) is 0 Å². The lowest BCUT2D eigenvalue weighted by Gasteiger charge is -2.14. The molecular formula is C25H25FN6O2. The maximum absolute atomic E-state index is 13.5. The van der Waals surface area contributed by atoms with Gasteiger partial charge in [-0.2, -0.15) is 4.98 Å². The molecular weight excluding hydrogens is 435 g/mol. The number of carbonyl (C=O) groups is 1. The first-order valence-corrected chi connectivity index (χ1v) is 10.4. The molecule has 0 spiro atoms. The van der Waals surface area contributed by atoms with E-state index in [-0.39, 0.29) is 17.5 Å². The molecule has 9 heteroatoms. The third-order valence-electron chi connectivity index (χ3n) is 4.76. The van der Waals surface area contributed by atoms with Gasteiger partial charge in [0.1, 0.15) is 28.8 Å². The fraction of sp³-hybridized carbons (Fsp3) is 0.120. The highest BCUT2D eigenvalue weighted by Crippen LogP contribution is 2.32. The van der Waals surface area contributed by atoms with Crippen LogP contribution in [-0.2, 0) is 0 Å². The van der Waals surface area contributed by atoms with Gasteiger partial charge in [-0.3, -0.25) is 9.78 Å². The average molecular weight is 461 g/mol. The van der Waals surface area contributed by atoms with Crippen molar-refractivity contribution >= 4 is 29.3 Å². The fourth-order valence-electron chi connectivity index (χ4n) is 3.15. The predicted molar refractivity (Wildman–Crippen MR) is 132 cm³/mol. The Balaban J connectivity index is 0.00000158. The fourth-order valence-corrected chi connectivity index (χ4v) is 3.15. The molecule has 0 radical (unpaired) electrons. The first-order valence-electron chi connectivity index (χ1n) is 10.4. The van der Waals surface area contributed by atoms with Crippen molar-refractivity contribution in [3.8, 4) is 11.5 Å². The highest BCUT2D eigenvalue weighted by molar-refractivity contribution is 5.76. The lowest BCUT2D eigenvalue weighted by Crippen LogP contribution is -2.04. The Labute approximate surface area is 196 Å². The topological polar surface area (TPSA) is 129 Å². The van der Waals surface area contributed by atoms with Crippen LogP contribution in [0.2, 0.25) is 0 Å². The number of hydrogen-bond donors (Lipinski definition) is 3. The van der Waals surface area contributed by atoms with Gasteiger partial charge < -0.3 is 21.5 Å². The minimum atomic E-state index is -0.293. The highest BCUT2D eigenvalue weighted by atomic mass is 19.1. The quantitative estimate of drug-likeness (QED) is 0.444. The largest absolute Gasteiger partial charge is 0.457 e. The second-order valence-electron chi connectivity index (χ2n) is 7.00. The summed E-state index contributed by atoms with van der Waals surface area (Å²) in [6.45, 7) is 1.90. The molecule has 0 unspecified atom stereocenters. The van der Waals surface area contributed by atoms with E-state index in [1.54, 1.807) is 24.3 Å². The summed E-state index contributed by atoms with van der Waals surface area (Å²) in [7, 11) is 1.50. The first-order chi connectivity index (χ1) is 16.5. The normalized spacial score (nSPS) is 12.5. The van der Waals surface area contributed by atoms with Crippen molar-refractivity contribution in [1.82, 2.24) is 15.0 Å². The van der Waals surface area contributed by atoms with Gasteiger partial charge in [-0.1, -0.05) is 18.2 Å². The van der Waals surface area contributed by atoms with Crippen molar-refractivity contribution in [3.05, 3.63) is 89.7 Å². The molecule has 174 valence electrons. The summed E-state index contributed by atoms with van der Waals surface area (Å²) in [6.07, 6.45) is 9.05. The number of carbonyl (C=O) groups excluding carboxylic acids is 1. The Kier molecular flexibility index (Phi) is 8.20. The highest BCUT2D eigenvalue weighted by Gasteiger charge is 2.11. The van der Waals surface area contributed by atoms with Crippen molar-refractivity contribution in [1.29, 1.82) is 0 Å². The molecule has 1 aliphatic carbocycles. The molecule has 0 aliphatic heterocycles. The molecule has 0 bridgehead atoms. The van der Waals surface area contributed by atoms with Crippen LogP contribution in [-0.4, -0.2) is 28.3 Å². The molecule has 1 aromatic carbocycles. The molecule has 4 rings (SSSR count). The number of allylic oxidation sites excluding steroid dienone is 6. The predicted octanol–water partition coefficient (Wildman–Crippen LogP) is 4.88. The third kappa shape index (κ3) is 6.11. The molecule has 0 fully saturated rings. The van der Waals surface area contributed by atoms with Crippen LogP contribution in [0.15, 0.2) is 72.7 Å². The van der Waals surface area contributed by atoms with E-state index in [0.29, 0.717) is 35.7 Å². The Morgan fingerprint density at radius 3 is 2.74 bits per heavy atom. The standard InChI is InChI=1S/C24H20FN5O2.CH5N/c1-15-20(6-3-7-22(15)32-19-10-11-27-18(12-19)14-31)28-23-13-21(29-24(26)30-23)16-4-2-5-17(25)9-8-16;1-2/h3-14H,2H2,1H3,(H3,26,28,29,30);2H2,1H3. The summed E-state index contributed by atoms with van der Waals surface area (Å²) >= 11 is 0. The molecule has 1 aliphatic rings. The van der Waals surface area contributed by atoms with Crippen molar-refractivity contribution in [3.63, 3.8) is 0 Å². The molecule has 0 atom stereocenters. The SMILES string of the molecule is CN.Cc1c(Nc2cc(C3=CCC=C(F)C=C3)nc(N)n2)cccc1Oc1ccnc(C=O)c1. The Morgan fingerprint density at radius 2 is 1.94 bits per heavy atom. The Morgan fingerprint density at radius 1 is 1.12 bits per heavy atom. The Bertz CT molecular complexity index is 1270. The number of nitrogens with two attached hydrogens (primary N) is 2. The van der Waals surface area contributed by atoms with Crippen LogP contribution in [0.5, 0.6) is 11.5 Å². The first kappa shape index (κ1) is 24.3. The number of halogens is 1. The smallest absolute Gasteiger partial charge is 0.222 e. The average Bonchev–Trinajstić information content (AvgIpc) is 3.07. The lowest BCUT2D eigenvalue weighted by atomic mass is 10.1. The van der Waals surface area contributed by atoms with E-state index in [2.05, 4.69) is 26.0 Å². The molecule has 5 N–H and O–H groups in total. The zero-order chi connectivity index (χ0) is 24.5. The monoisotopic (exact) mass is 460 g/mol. The molecule has 0 saturated heterocycles. The van der Waals surface area contributed by atoms with Crippen molar-refractivity contribution in [2.75, 3.05) is 18.1 Å². The summed E-state index contributed by atoms with van der Waals surface area (Å²) < 4.78 is 19.4. The van der Waals surface area contributed by atoms with Gasteiger partial charge in [0.15, 0.2) is 6.29 Å². The van der Waals surface area contributed by atoms with Crippen LogP contribution >= 0.6 is 0 Å². The number of nitrogen functional groups attached to an aromatic ring is 1. The van der Waals surface area contributed by atoms with Gasteiger partial charge in [-0.25, -0.2) is 9.37 Å². The lowest BCUT2D eigenvalue weighted by molar-refractivity contribution is 0.111. The molecule has 2 aromatic heterocycles. The van der Waals surface area contributed by atoms with E-state index < -0.39 is 0 Å². The van der Waals surface area contributed by atoms with Crippen molar-refractivity contribution in [2.45, 2.75) is 13.3 Å². The summed E-state index contributed by atoms with van der Waals surface area (Å²) in [5.41, 5.74) is 13.6. The van der Waals surface area contributed by atoms with Crippen LogP contribution in [0.4, 0.5) is 21.8 Å². The number of ether oxygens (including phenoxy) is 1. The van der Waals surface area contributed by atoms with Gasteiger partial charge in [-0.15, -0.1) is 0 Å². The van der Waals surface area contributed by atoms with E-state index >= 15 is 0 Å². The van der Waals surface area contributed by atoms with E-state index in [0.717, 1.165) is 16.8 Å². The number of pyridine rings is 1. The van der Waals surface area contributed by atoms with Crippen molar-refractivity contribution in [2.24, 2.45) is 5.73 Å². The van der Waals surface area contributed by atoms with E-state index in [1.165, 1.54) is 25.4 Å². The van der Waals surface area contributed by atoms with Gasteiger partial charge in [0.2, 0.25) is 5.95 Å². The van der Waals surface area contributed by atoms with Gasteiger partial charge in [0.05, 0.1) is 5.69 Å². The molecule has 0 amide bonds. The number of aldehydes is 1. The molecule has 34 heavy (non-hydrogen) atoms. The second kappa shape index (κ2) is 11.5. The van der Waals surface area contributed by atoms with Crippen molar-refractivity contribution < 1.29 is 13.9 Å².